The second kappa shape index (κ2) is 4.05. The minimum absolute atomic E-state index is 1.06. The number of hydrogen-bond acceptors (Lipinski definition) is 0. The molecule has 0 aliphatic carbocycles. The van der Waals surface area contributed by atoms with Crippen LogP contribution >= 0.6 is 0 Å². The largest absolute Gasteiger partial charge is 0.184 e. The molecule has 1 heterocycles. The molecule has 0 spiro atoms. The third kappa shape index (κ3) is 1.94. The van der Waals surface area contributed by atoms with Gasteiger partial charge >= 0.3 is 0 Å². The van der Waals surface area contributed by atoms with E-state index < -0.39 is 0 Å². The molecule has 0 aromatic carbocycles. The van der Waals surface area contributed by atoms with Crippen LogP contribution in [0, 0.1) is 6.92 Å². The lowest BCUT2D eigenvalue weighted by Crippen LogP contribution is -2.34. The summed E-state index contributed by atoms with van der Waals surface area (Å²) in [6.07, 6.45) is 4.28. The molecular formula is C11H16N+. The lowest BCUT2D eigenvalue weighted by molar-refractivity contribution is -0.590. The topological polar surface area (TPSA) is 3.88 Å². The number of pyridine rings is 1. The van der Waals surface area contributed by atoms with Gasteiger partial charge in [-0.2, -0.15) is 4.57 Å². The molecule has 0 bridgehead atoms. The quantitative estimate of drug-likeness (QED) is 0.601. The van der Waals surface area contributed by atoms with E-state index in [1.165, 1.54) is 11.4 Å². The maximum atomic E-state index is 4.04. The zero-order chi connectivity index (χ0) is 8.97. The van der Waals surface area contributed by atoms with Gasteiger partial charge < -0.3 is 0 Å². The third-order valence-corrected chi connectivity index (χ3v) is 1.94. The Bertz CT molecular complexity index is 276. The van der Waals surface area contributed by atoms with E-state index in [0.29, 0.717) is 0 Å². The average Bonchev–Trinajstić information content (AvgIpc) is 2.05. The van der Waals surface area contributed by atoms with Gasteiger partial charge in [0, 0.05) is 25.5 Å². The molecule has 0 amide bonds. The standard InChI is InChI=1S/C11H16N/c1-4-7-10(2)12-9-6-5-8-11(12)3/h5-6,8-9H,2,4,7H2,1,3H3/q+1. The minimum atomic E-state index is 1.06. The predicted octanol–water partition coefficient (Wildman–Crippen LogP) is 2.55. The van der Waals surface area contributed by atoms with Crippen molar-refractivity contribution in [1.82, 2.24) is 0 Å². The summed E-state index contributed by atoms with van der Waals surface area (Å²) in [5, 5.41) is 0. The first kappa shape index (κ1) is 8.98. The predicted molar refractivity (Wildman–Crippen MR) is 51.6 cm³/mol. The summed E-state index contributed by atoms with van der Waals surface area (Å²) in [4.78, 5) is 0. The molecule has 0 unspecified atom stereocenters. The Morgan fingerprint density at radius 1 is 1.50 bits per heavy atom. The molecule has 0 aliphatic heterocycles. The summed E-state index contributed by atoms with van der Waals surface area (Å²) >= 11 is 0. The second-order valence-corrected chi connectivity index (χ2v) is 3.03. The molecule has 0 N–H and O–H groups in total. The highest BCUT2D eigenvalue weighted by molar-refractivity contribution is 5.27. The smallest absolute Gasteiger partial charge is 0.169 e. The molecule has 0 aliphatic rings. The van der Waals surface area contributed by atoms with Crippen molar-refractivity contribution in [3.63, 3.8) is 0 Å². The van der Waals surface area contributed by atoms with Gasteiger partial charge in [-0.25, -0.2) is 0 Å². The summed E-state index contributed by atoms with van der Waals surface area (Å²) in [6.45, 7) is 8.31. The van der Waals surface area contributed by atoms with Crippen LogP contribution in [0.5, 0.6) is 0 Å². The Morgan fingerprint density at radius 3 is 2.83 bits per heavy atom. The van der Waals surface area contributed by atoms with Gasteiger partial charge in [0.05, 0.1) is 0 Å². The number of aryl methyl sites for hydroxylation is 1. The number of nitrogens with zero attached hydrogens (tertiary/aromatic N) is 1. The van der Waals surface area contributed by atoms with Gasteiger partial charge in [-0.3, -0.25) is 0 Å². The Hall–Kier alpha value is -1.11. The lowest BCUT2D eigenvalue weighted by atomic mass is 10.2. The van der Waals surface area contributed by atoms with E-state index in [4.69, 9.17) is 0 Å². The van der Waals surface area contributed by atoms with Crippen molar-refractivity contribution in [2.45, 2.75) is 26.7 Å². The van der Waals surface area contributed by atoms with Crippen molar-refractivity contribution < 1.29 is 4.57 Å². The first-order valence-corrected chi connectivity index (χ1v) is 4.41. The van der Waals surface area contributed by atoms with Gasteiger partial charge in [0.2, 0.25) is 0 Å². The Morgan fingerprint density at radius 2 is 2.25 bits per heavy atom. The molecule has 12 heavy (non-hydrogen) atoms. The van der Waals surface area contributed by atoms with E-state index in [-0.39, 0.29) is 0 Å². The van der Waals surface area contributed by atoms with E-state index in [2.05, 4.69) is 37.3 Å². The van der Waals surface area contributed by atoms with Gasteiger partial charge in [-0.1, -0.05) is 13.0 Å². The number of hydrogen-bond donors (Lipinski definition) is 0. The normalized spacial score (nSPS) is 9.83. The second-order valence-electron chi connectivity index (χ2n) is 3.03. The van der Waals surface area contributed by atoms with Crippen LogP contribution in [0.4, 0.5) is 0 Å². The first-order chi connectivity index (χ1) is 5.75. The highest BCUT2D eigenvalue weighted by Crippen LogP contribution is 2.02. The Balaban J connectivity index is 2.87. The summed E-state index contributed by atoms with van der Waals surface area (Å²) in [7, 11) is 0. The van der Waals surface area contributed by atoms with Crippen molar-refractivity contribution in [2.75, 3.05) is 0 Å². The zero-order valence-corrected chi connectivity index (χ0v) is 7.88. The van der Waals surface area contributed by atoms with E-state index >= 15 is 0 Å². The number of aromatic nitrogens is 1. The van der Waals surface area contributed by atoms with Crippen molar-refractivity contribution in [3.05, 3.63) is 36.7 Å². The van der Waals surface area contributed by atoms with Gasteiger partial charge in [0.25, 0.3) is 0 Å². The molecule has 0 saturated heterocycles. The fourth-order valence-electron chi connectivity index (χ4n) is 1.29. The Kier molecular flexibility index (Phi) is 3.03. The van der Waals surface area contributed by atoms with Crippen LogP contribution in [-0.2, 0) is 0 Å². The average molecular weight is 162 g/mol. The van der Waals surface area contributed by atoms with Crippen molar-refractivity contribution >= 4 is 5.70 Å². The van der Waals surface area contributed by atoms with Crippen molar-refractivity contribution in [1.29, 1.82) is 0 Å². The van der Waals surface area contributed by atoms with E-state index in [0.717, 1.165) is 12.8 Å². The van der Waals surface area contributed by atoms with Crippen molar-refractivity contribution in [2.24, 2.45) is 0 Å². The zero-order valence-electron chi connectivity index (χ0n) is 7.88. The molecule has 1 rings (SSSR count). The molecule has 1 nitrogen and oxygen atoms in total. The molecule has 0 atom stereocenters. The SMILES string of the molecule is C=C(CCC)[n+]1ccccc1C. The monoisotopic (exact) mass is 162 g/mol. The maximum absolute atomic E-state index is 4.04. The summed E-state index contributed by atoms with van der Waals surface area (Å²) < 4.78 is 2.14. The molecule has 64 valence electrons. The van der Waals surface area contributed by atoms with Crippen LogP contribution in [0.2, 0.25) is 0 Å². The fourth-order valence-corrected chi connectivity index (χ4v) is 1.29. The third-order valence-electron chi connectivity index (χ3n) is 1.94. The molecule has 0 radical (unpaired) electrons. The highest BCUT2D eigenvalue weighted by Gasteiger charge is 2.07. The van der Waals surface area contributed by atoms with Gasteiger partial charge in [-0.15, -0.1) is 0 Å². The minimum Gasteiger partial charge on any atom is -0.169 e. The fraction of sp³-hybridized carbons (Fsp3) is 0.364. The molecule has 0 fully saturated rings. The lowest BCUT2D eigenvalue weighted by Gasteiger charge is -1.99. The van der Waals surface area contributed by atoms with Crippen LogP contribution in [0.1, 0.15) is 25.5 Å². The van der Waals surface area contributed by atoms with E-state index in [1.54, 1.807) is 0 Å². The summed E-state index contributed by atoms with van der Waals surface area (Å²) in [6, 6.07) is 6.18. The van der Waals surface area contributed by atoms with E-state index in [1.807, 2.05) is 12.1 Å². The molecular weight excluding hydrogens is 146 g/mol. The first-order valence-electron chi connectivity index (χ1n) is 4.41. The van der Waals surface area contributed by atoms with Crippen LogP contribution in [0.3, 0.4) is 0 Å². The molecule has 1 heteroatoms. The van der Waals surface area contributed by atoms with Crippen molar-refractivity contribution in [3.8, 4) is 0 Å². The molecule has 1 aromatic heterocycles. The number of rotatable bonds is 3. The van der Waals surface area contributed by atoms with Crippen LogP contribution in [0.15, 0.2) is 31.0 Å². The number of allylic oxidation sites excluding steroid dienone is 1. The summed E-state index contributed by atoms with van der Waals surface area (Å²) in [5.41, 5.74) is 2.42. The van der Waals surface area contributed by atoms with Crippen LogP contribution < -0.4 is 4.57 Å². The van der Waals surface area contributed by atoms with Gasteiger partial charge in [0.1, 0.15) is 0 Å². The van der Waals surface area contributed by atoms with Crippen LogP contribution in [-0.4, -0.2) is 0 Å². The molecule has 1 aromatic rings. The highest BCUT2D eigenvalue weighted by atomic mass is 15.0. The van der Waals surface area contributed by atoms with Gasteiger partial charge in [0.15, 0.2) is 17.6 Å². The maximum Gasteiger partial charge on any atom is 0.184 e. The Labute approximate surface area is 74.4 Å². The van der Waals surface area contributed by atoms with Crippen LogP contribution in [0.25, 0.3) is 5.70 Å². The van der Waals surface area contributed by atoms with Gasteiger partial charge in [-0.05, 0) is 13.0 Å². The molecule has 0 saturated carbocycles. The van der Waals surface area contributed by atoms with E-state index in [9.17, 15) is 0 Å². The summed E-state index contributed by atoms with van der Waals surface area (Å²) in [5.74, 6) is 0.